The second-order valence-electron chi connectivity index (χ2n) is 5.00. The monoisotopic (exact) mass is 262 g/mol. The lowest BCUT2D eigenvalue weighted by molar-refractivity contribution is -0.385. The van der Waals surface area contributed by atoms with Crippen molar-refractivity contribution in [3.05, 3.63) is 45.5 Å². The van der Waals surface area contributed by atoms with Crippen LogP contribution in [0.1, 0.15) is 32.8 Å². The fourth-order valence-electron chi connectivity index (χ4n) is 1.80. The van der Waals surface area contributed by atoms with Crippen LogP contribution in [-0.2, 0) is 0 Å². The van der Waals surface area contributed by atoms with Gasteiger partial charge >= 0.3 is 0 Å². The van der Waals surface area contributed by atoms with Crippen LogP contribution in [0.4, 0.5) is 5.69 Å². The standard InChI is InChI=1S/C15H22N2O2/c1-4-13(11-16-10-12(2)3)9-14-7-5-6-8-15(14)17(18)19/h5-9,12,16H,4,10-11H2,1-3H3. The fourth-order valence-corrected chi connectivity index (χ4v) is 1.80. The van der Waals surface area contributed by atoms with Crippen LogP contribution in [0.25, 0.3) is 6.08 Å². The maximum atomic E-state index is 11.0. The predicted octanol–water partition coefficient (Wildman–Crippen LogP) is 3.63. The first kappa shape index (κ1) is 15.4. The Morgan fingerprint density at radius 3 is 2.68 bits per heavy atom. The average molecular weight is 262 g/mol. The Balaban J connectivity index is 2.82. The van der Waals surface area contributed by atoms with E-state index >= 15 is 0 Å². The molecule has 1 aromatic carbocycles. The van der Waals surface area contributed by atoms with Crippen LogP contribution >= 0.6 is 0 Å². The minimum absolute atomic E-state index is 0.164. The maximum absolute atomic E-state index is 11.0. The third kappa shape index (κ3) is 5.22. The van der Waals surface area contributed by atoms with E-state index in [1.165, 1.54) is 5.57 Å². The van der Waals surface area contributed by atoms with Crippen molar-refractivity contribution in [1.82, 2.24) is 5.32 Å². The summed E-state index contributed by atoms with van der Waals surface area (Å²) in [7, 11) is 0. The molecular weight excluding hydrogens is 240 g/mol. The van der Waals surface area contributed by atoms with Gasteiger partial charge in [-0.25, -0.2) is 0 Å². The molecule has 1 rings (SSSR count). The van der Waals surface area contributed by atoms with Crippen LogP contribution in [0.5, 0.6) is 0 Å². The molecule has 0 amide bonds. The topological polar surface area (TPSA) is 55.2 Å². The molecule has 1 N–H and O–H groups in total. The lowest BCUT2D eigenvalue weighted by Gasteiger charge is -2.09. The SMILES string of the molecule is CCC(=Cc1ccccc1[N+](=O)[O-])CNCC(C)C. The number of nitro benzene ring substituents is 1. The Labute approximate surface area is 114 Å². The minimum atomic E-state index is -0.333. The second kappa shape index (κ2) is 7.69. The largest absolute Gasteiger partial charge is 0.313 e. The van der Waals surface area contributed by atoms with E-state index in [-0.39, 0.29) is 10.6 Å². The number of rotatable bonds is 7. The summed E-state index contributed by atoms with van der Waals surface area (Å²) in [6.45, 7) is 8.11. The molecule has 104 valence electrons. The molecule has 0 fully saturated rings. The van der Waals surface area contributed by atoms with Gasteiger partial charge < -0.3 is 5.32 Å². The third-order valence-corrected chi connectivity index (χ3v) is 2.85. The highest BCUT2D eigenvalue weighted by atomic mass is 16.6. The number of nitrogens with one attached hydrogen (secondary N) is 1. The number of nitro groups is 1. The molecule has 0 spiro atoms. The van der Waals surface area contributed by atoms with Gasteiger partial charge in [0.2, 0.25) is 0 Å². The van der Waals surface area contributed by atoms with Crippen molar-refractivity contribution in [2.75, 3.05) is 13.1 Å². The summed E-state index contributed by atoms with van der Waals surface area (Å²) >= 11 is 0. The molecule has 1 aromatic rings. The number of hydrogen-bond donors (Lipinski definition) is 1. The van der Waals surface area contributed by atoms with Crippen molar-refractivity contribution in [3.8, 4) is 0 Å². The van der Waals surface area contributed by atoms with Gasteiger partial charge in [-0.3, -0.25) is 10.1 Å². The van der Waals surface area contributed by atoms with E-state index in [0.717, 1.165) is 19.5 Å². The molecule has 0 saturated heterocycles. The zero-order chi connectivity index (χ0) is 14.3. The summed E-state index contributed by atoms with van der Waals surface area (Å²) in [4.78, 5) is 10.6. The number of para-hydroxylation sites is 1. The zero-order valence-corrected chi connectivity index (χ0v) is 11.8. The molecule has 0 bridgehead atoms. The van der Waals surface area contributed by atoms with Crippen molar-refractivity contribution < 1.29 is 4.92 Å². The first-order chi connectivity index (χ1) is 9.04. The molecule has 0 saturated carbocycles. The van der Waals surface area contributed by atoms with Crippen molar-refractivity contribution in [3.63, 3.8) is 0 Å². The van der Waals surface area contributed by atoms with Crippen molar-refractivity contribution in [1.29, 1.82) is 0 Å². The van der Waals surface area contributed by atoms with Crippen molar-refractivity contribution in [2.45, 2.75) is 27.2 Å². The van der Waals surface area contributed by atoms with Gasteiger partial charge in [-0.1, -0.05) is 38.5 Å². The van der Waals surface area contributed by atoms with Crippen molar-refractivity contribution in [2.24, 2.45) is 5.92 Å². The molecule has 0 atom stereocenters. The quantitative estimate of drug-likeness (QED) is 0.603. The van der Waals surface area contributed by atoms with Gasteiger partial charge in [0.1, 0.15) is 0 Å². The fraction of sp³-hybridized carbons (Fsp3) is 0.467. The van der Waals surface area contributed by atoms with E-state index in [2.05, 4.69) is 26.1 Å². The molecule has 0 aliphatic heterocycles. The average Bonchev–Trinajstić information content (AvgIpc) is 2.37. The summed E-state index contributed by atoms with van der Waals surface area (Å²) in [5.41, 5.74) is 2.02. The lowest BCUT2D eigenvalue weighted by atomic mass is 10.1. The van der Waals surface area contributed by atoms with Crippen LogP contribution in [0.15, 0.2) is 29.8 Å². The first-order valence-corrected chi connectivity index (χ1v) is 6.68. The van der Waals surface area contributed by atoms with Gasteiger partial charge in [0.05, 0.1) is 10.5 Å². The Hall–Kier alpha value is -1.68. The Morgan fingerprint density at radius 2 is 2.11 bits per heavy atom. The summed E-state index contributed by atoms with van der Waals surface area (Å²) < 4.78 is 0. The van der Waals surface area contributed by atoms with Gasteiger partial charge in [0, 0.05) is 12.6 Å². The Kier molecular flexibility index (Phi) is 6.22. The molecule has 0 aromatic heterocycles. The van der Waals surface area contributed by atoms with Gasteiger partial charge in [0.15, 0.2) is 0 Å². The summed E-state index contributed by atoms with van der Waals surface area (Å²) in [6, 6.07) is 6.85. The summed E-state index contributed by atoms with van der Waals surface area (Å²) in [5, 5.41) is 14.3. The smallest absolute Gasteiger partial charge is 0.276 e. The van der Waals surface area contributed by atoms with Crippen LogP contribution in [0.3, 0.4) is 0 Å². The molecule has 0 radical (unpaired) electrons. The highest BCUT2D eigenvalue weighted by molar-refractivity contribution is 5.63. The number of nitrogens with zero attached hydrogens (tertiary/aromatic N) is 1. The molecule has 0 aliphatic rings. The molecule has 0 unspecified atom stereocenters. The number of benzene rings is 1. The maximum Gasteiger partial charge on any atom is 0.276 e. The minimum Gasteiger partial charge on any atom is -0.313 e. The molecule has 0 heterocycles. The molecular formula is C15H22N2O2. The van der Waals surface area contributed by atoms with Crippen LogP contribution in [0, 0.1) is 16.0 Å². The second-order valence-corrected chi connectivity index (χ2v) is 5.00. The van der Waals surface area contributed by atoms with E-state index in [9.17, 15) is 10.1 Å². The van der Waals surface area contributed by atoms with E-state index in [1.54, 1.807) is 18.2 Å². The zero-order valence-electron chi connectivity index (χ0n) is 11.8. The summed E-state index contributed by atoms with van der Waals surface area (Å²) in [5.74, 6) is 0.601. The predicted molar refractivity (Wildman–Crippen MR) is 79.1 cm³/mol. The summed E-state index contributed by atoms with van der Waals surface area (Å²) in [6.07, 6.45) is 2.81. The van der Waals surface area contributed by atoms with E-state index in [0.29, 0.717) is 11.5 Å². The lowest BCUT2D eigenvalue weighted by Crippen LogP contribution is -2.21. The van der Waals surface area contributed by atoms with Crippen LogP contribution in [-0.4, -0.2) is 18.0 Å². The van der Waals surface area contributed by atoms with Gasteiger partial charge in [-0.2, -0.15) is 0 Å². The van der Waals surface area contributed by atoms with E-state index in [1.807, 2.05) is 12.1 Å². The van der Waals surface area contributed by atoms with E-state index < -0.39 is 0 Å². The van der Waals surface area contributed by atoms with Gasteiger partial charge in [0.25, 0.3) is 5.69 Å². The molecule has 4 heteroatoms. The van der Waals surface area contributed by atoms with Gasteiger partial charge in [-0.15, -0.1) is 0 Å². The van der Waals surface area contributed by atoms with Crippen LogP contribution in [0.2, 0.25) is 0 Å². The van der Waals surface area contributed by atoms with E-state index in [4.69, 9.17) is 0 Å². The Morgan fingerprint density at radius 1 is 1.42 bits per heavy atom. The van der Waals surface area contributed by atoms with Gasteiger partial charge in [-0.05, 0) is 31.0 Å². The Bertz CT molecular complexity index is 453. The normalized spacial score (nSPS) is 11.9. The highest BCUT2D eigenvalue weighted by Crippen LogP contribution is 2.21. The van der Waals surface area contributed by atoms with Crippen molar-refractivity contribution >= 4 is 11.8 Å². The molecule has 19 heavy (non-hydrogen) atoms. The first-order valence-electron chi connectivity index (χ1n) is 6.68. The highest BCUT2D eigenvalue weighted by Gasteiger charge is 2.10. The van der Waals surface area contributed by atoms with Crippen LogP contribution < -0.4 is 5.32 Å². The molecule has 0 aliphatic carbocycles. The number of hydrogen-bond acceptors (Lipinski definition) is 3. The molecule has 4 nitrogen and oxygen atoms in total. The third-order valence-electron chi connectivity index (χ3n) is 2.85.